The maximum atomic E-state index is 12.0. The minimum absolute atomic E-state index is 0.0416. The Morgan fingerprint density at radius 1 is 1.42 bits per heavy atom. The first-order valence-electron chi connectivity index (χ1n) is 6.83. The van der Waals surface area contributed by atoms with Gasteiger partial charge < -0.3 is 5.32 Å². The predicted octanol–water partition coefficient (Wildman–Crippen LogP) is 3.32. The highest BCUT2D eigenvalue weighted by molar-refractivity contribution is 6.31. The lowest BCUT2D eigenvalue weighted by molar-refractivity contribution is -0.117. The quantitative estimate of drug-likeness (QED) is 0.921. The molecule has 1 N–H and O–H groups in total. The molecular weight excluding hydrogens is 260 g/mol. The Labute approximate surface area is 119 Å². The van der Waals surface area contributed by atoms with Gasteiger partial charge in [0.15, 0.2) is 0 Å². The molecule has 1 aliphatic rings. The largest absolute Gasteiger partial charge is 0.325 e. The van der Waals surface area contributed by atoms with Crippen LogP contribution in [-0.4, -0.2) is 30.4 Å². The van der Waals surface area contributed by atoms with Crippen molar-refractivity contribution in [3.63, 3.8) is 0 Å². The van der Waals surface area contributed by atoms with Crippen molar-refractivity contribution in [2.45, 2.75) is 26.7 Å². The third-order valence-electron chi connectivity index (χ3n) is 3.79. The van der Waals surface area contributed by atoms with Gasteiger partial charge in [0.05, 0.1) is 6.54 Å². The minimum Gasteiger partial charge on any atom is -0.325 e. The van der Waals surface area contributed by atoms with Crippen LogP contribution in [0.25, 0.3) is 0 Å². The molecule has 0 atom stereocenters. The zero-order chi connectivity index (χ0) is 13.8. The number of carbonyl (C=O) groups is 1. The zero-order valence-electron chi connectivity index (χ0n) is 11.6. The van der Waals surface area contributed by atoms with E-state index in [0.29, 0.717) is 11.6 Å². The summed E-state index contributed by atoms with van der Waals surface area (Å²) in [6.45, 7) is 6.69. The average molecular weight is 281 g/mol. The fourth-order valence-corrected chi connectivity index (χ4v) is 2.53. The highest BCUT2D eigenvalue weighted by Crippen LogP contribution is 2.23. The number of amides is 1. The summed E-state index contributed by atoms with van der Waals surface area (Å²) >= 11 is 6.04. The third kappa shape index (κ3) is 3.95. The van der Waals surface area contributed by atoms with Gasteiger partial charge in [0, 0.05) is 10.7 Å². The van der Waals surface area contributed by atoms with E-state index in [0.717, 1.165) is 30.3 Å². The van der Waals surface area contributed by atoms with Gasteiger partial charge in [-0.15, -0.1) is 0 Å². The normalized spacial score (nSPS) is 17.4. The number of rotatable bonds is 3. The Hall–Kier alpha value is -1.06. The molecule has 1 saturated heterocycles. The van der Waals surface area contributed by atoms with Crippen molar-refractivity contribution in [1.29, 1.82) is 0 Å². The van der Waals surface area contributed by atoms with Crippen molar-refractivity contribution >= 4 is 23.2 Å². The van der Waals surface area contributed by atoms with Crippen LogP contribution in [0.2, 0.25) is 5.02 Å². The summed E-state index contributed by atoms with van der Waals surface area (Å²) in [4.78, 5) is 14.2. The number of anilines is 1. The number of piperidine rings is 1. The molecule has 4 heteroatoms. The monoisotopic (exact) mass is 280 g/mol. The smallest absolute Gasteiger partial charge is 0.238 e. The van der Waals surface area contributed by atoms with E-state index in [-0.39, 0.29) is 5.91 Å². The third-order valence-corrected chi connectivity index (χ3v) is 4.19. The maximum Gasteiger partial charge on any atom is 0.238 e. The fourth-order valence-electron chi connectivity index (χ4n) is 2.36. The molecule has 0 unspecified atom stereocenters. The molecule has 0 saturated carbocycles. The Bertz CT molecular complexity index is 453. The van der Waals surface area contributed by atoms with Crippen molar-refractivity contribution in [1.82, 2.24) is 4.90 Å². The first kappa shape index (κ1) is 14.4. The molecular formula is C15H21ClN2O. The van der Waals surface area contributed by atoms with Crippen LogP contribution >= 0.6 is 11.6 Å². The lowest BCUT2D eigenvalue weighted by atomic mass is 9.99. The number of benzene rings is 1. The molecule has 0 bridgehead atoms. The topological polar surface area (TPSA) is 32.3 Å². The summed E-state index contributed by atoms with van der Waals surface area (Å²) < 4.78 is 0. The summed E-state index contributed by atoms with van der Waals surface area (Å²) in [6.07, 6.45) is 2.37. The highest BCUT2D eigenvalue weighted by Gasteiger charge is 2.18. The number of likely N-dealkylation sites (tertiary alicyclic amines) is 1. The Kier molecular flexibility index (Phi) is 4.83. The van der Waals surface area contributed by atoms with E-state index < -0.39 is 0 Å². The molecule has 1 aromatic carbocycles. The van der Waals surface area contributed by atoms with Crippen molar-refractivity contribution < 1.29 is 4.79 Å². The Morgan fingerprint density at radius 3 is 2.79 bits per heavy atom. The Morgan fingerprint density at radius 2 is 2.11 bits per heavy atom. The second-order valence-electron chi connectivity index (χ2n) is 5.42. The first-order chi connectivity index (χ1) is 9.06. The van der Waals surface area contributed by atoms with Crippen LogP contribution in [0.5, 0.6) is 0 Å². The highest BCUT2D eigenvalue weighted by atomic mass is 35.5. The summed E-state index contributed by atoms with van der Waals surface area (Å²) in [5.74, 6) is 0.828. The van der Waals surface area contributed by atoms with E-state index in [9.17, 15) is 4.79 Å². The number of nitrogens with zero attached hydrogens (tertiary/aromatic N) is 1. The van der Waals surface area contributed by atoms with Crippen molar-refractivity contribution in [3.05, 3.63) is 28.8 Å². The lowest BCUT2D eigenvalue weighted by Crippen LogP contribution is -2.38. The van der Waals surface area contributed by atoms with Gasteiger partial charge in [0.1, 0.15) is 0 Å². The molecule has 104 valence electrons. The molecule has 0 spiro atoms. The second kappa shape index (κ2) is 6.40. The van der Waals surface area contributed by atoms with Crippen molar-refractivity contribution in [3.8, 4) is 0 Å². The van der Waals surface area contributed by atoms with Gasteiger partial charge in [-0.25, -0.2) is 0 Å². The molecule has 1 heterocycles. The van der Waals surface area contributed by atoms with Gasteiger partial charge in [0.2, 0.25) is 5.91 Å². The molecule has 0 aliphatic carbocycles. The Balaban J connectivity index is 1.89. The van der Waals surface area contributed by atoms with E-state index in [1.54, 1.807) is 0 Å². The van der Waals surface area contributed by atoms with E-state index >= 15 is 0 Å². The fraction of sp³-hybridized carbons (Fsp3) is 0.533. The summed E-state index contributed by atoms with van der Waals surface area (Å²) in [5.41, 5.74) is 1.73. The van der Waals surface area contributed by atoms with Crippen LogP contribution in [0.3, 0.4) is 0 Å². The maximum absolute atomic E-state index is 12.0. The van der Waals surface area contributed by atoms with Gasteiger partial charge in [-0.1, -0.05) is 24.6 Å². The molecule has 2 rings (SSSR count). The van der Waals surface area contributed by atoms with E-state index in [2.05, 4.69) is 17.1 Å². The molecule has 0 radical (unpaired) electrons. The van der Waals surface area contributed by atoms with Crippen LogP contribution < -0.4 is 5.32 Å². The summed E-state index contributed by atoms with van der Waals surface area (Å²) in [5, 5.41) is 3.63. The van der Waals surface area contributed by atoms with Gasteiger partial charge in [0.25, 0.3) is 0 Å². The number of nitrogens with one attached hydrogen (secondary N) is 1. The van der Waals surface area contributed by atoms with E-state index in [1.165, 1.54) is 12.8 Å². The summed E-state index contributed by atoms with van der Waals surface area (Å²) in [6, 6.07) is 5.57. The number of hydrogen-bond acceptors (Lipinski definition) is 2. The van der Waals surface area contributed by atoms with Gasteiger partial charge in [-0.3, -0.25) is 9.69 Å². The van der Waals surface area contributed by atoms with E-state index in [4.69, 9.17) is 11.6 Å². The summed E-state index contributed by atoms with van der Waals surface area (Å²) in [7, 11) is 0. The van der Waals surface area contributed by atoms with Gasteiger partial charge in [-0.2, -0.15) is 0 Å². The molecule has 0 aromatic heterocycles. The molecule has 1 amide bonds. The lowest BCUT2D eigenvalue weighted by Gasteiger charge is -2.29. The van der Waals surface area contributed by atoms with Crippen LogP contribution in [0.15, 0.2) is 18.2 Å². The number of carbonyl (C=O) groups excluding carboxylic acids is 1. The first-order valence-corrected chi connectivity index (χ1v) is 7.21. The van der Waals surface area contributed by atoms with Crippen LogP contribution in [0.4, 0.5) is 5.69 Å². The number of halogens is 1. The van der Waals surface area contributed by atoms with Crippen LogP contribution in [-0.2, 0) is 4.79 Å². The molecule has 1 fully saturated rings. The van der Waals surface area contributed by atoms with E-state index in [1.807, 2.05) is 25.1 Å². The molecule has 1 aromatic rings. The number of hydrogen-bond donors (Lipinski definition) is 1. The second-order valence-corrected chi connectivity index (χ2v) is 5.83. The molecule has 3 nitrogen and oxygen atoms in total. The predicted molar refractivity (Wildman–Crippen MR) is 79.7 cm³/mol. The van der Waals surface area contributed by atoms with Crippen LogP contribution in [0, 0.1) is 12.8 Å². The van der Waals surface area contributed by atoms with Crippen molar-refractivity contribution in [2.24, 2.45) is 5.92 Å². The van der Waals surface area contributed by atoms with Gasteiger partial charge >= 0.3 is 0 Å². The molecule has 1 aliphatic heterocycles. The standard InChI is InChI=1S/C15H21ClN2O/c1-11-6-8-18(9-7-11)10-15(19)17-14-5-3-4-13(16)12(14)2/h3-5,11H,6-10H2,1-2H3,(H,17,19). The SMILES string of the molecule is Cc1c(Cl)cccc1NC(=O)CN1CCC(C)CC1. The van der Waals surface area contributed by atoms with Crippen LogP contribution in [0.1, 0.15) is 25.3 Å². The molecule has 19 heavy (non-hydrogen) atoms. The zero-order valence-corrected chi connectivity index (χ0v) is 12.3. The minimum atomic E-state index is 0.0416. The average Bonchev–Trinajstić information content (AvgIpc) is 2.38. The van der Waals surface area contributed by atoms with Gasteiger partial charge in [-0.05, 0) is 56.5 Å². The van der Waals surface area contributed by atoms with Crippen molar-refractivity contribution in [2.75, 3.05) is 25.0 Å².